The van der Waals surface area contributed by atoms with E-state index in [-0.39, 0.29) is 12.5 Å². The van der Waals surface area contributed by atoms with E-state index in [9.17, 15) is 9.59 Å². The maximum Gasteiger partial charge on any atom is 0.344 e. The van der Waals surface area contributed by atoms with Crippen LogP contribution in [0.2, 0.25) is 5.02 Å². The molecule has 6 nitrogen and oxygen atoms in total. The number of hydrogen-bond donors (Lipinski definition) is 1. The SMILES string of the molecule is O=C1CN(N=Cc2ccc(-c3cccc(Cl)c3)o2)C(=O)N1. The highest BCUT2D eigenvalue weighted by atomic mass is 35.5. The molecule has 2 heterocycles. The maximum absolute atomic E-state index is 11.3. The number of urea groups is 1. The summed E-state index contributed by atoms with van der Waals surface area (Å²) in [6.07, 6.45) is 1.38. The molecule has 0 atom stereocenters. The molecule has 3 amide bonds. The Morgan fingerprint density at radius 2 is 2.14 bits per heavy atom. The van der Waals surface area contributed by atoms with Gasteiger partial charge in [0.15, 0.2) is 0 Å². The van der Waals surface area contributed by atoms with Crippen LogP contribution in [-0.4, -0.2) is 29.7 Å². The lowest BCUT2D eigenvalue weighted by Crippen LogP contribution is -2.24. The fraction of sp³-hybridized carbons (Fsp3) is 0.0714. The van der Waals surface area contributed by atoms with Crippen molar-refractivity contribution >= 4 is 29.8 Å². The third-order valence-corrected chi connectivity index (χ3v) is 3.07. The summed E-state index contributed by atoms with van der Waals surface area (Å²) >= 11 is 5.93. The lowest BCUT2D eigenvalue weighted by Gasteiger charge is -2.02. The number of amides is 3. The number of hydrazone groups is 1. The summed E-state index contributed by atoms with van der Waals surface area (Å²) in [5.74, 6) is 0.731. The van der Waals surface area contributed by atoms with E-state index in [1.807, 2.05) is 12.1 Å². The highest BCUT2D eigenvalue weighted by Gasteiger charge is 2.25. The van der Waals surface area contributed by atoms with Crippen LogP contribution in [0.3, 0.4) is 0 Å². The molecule has 3 rings (SSSR count). The number of nitrogens with one attached hydrogen (secondary N) is 1. The molecule has 7 heteroatoms. The molecule has 0 bridgehead atoms. The minimum atomic E-state index is -0.544. The molecule has 1 saturated heterocycles. The summed E-state index contributed by atoms with van der Waals surface area (Å²) in [6, 6.07) is 10.2. The Hall–Kier alpha value is -2.60. The lowest BCUT2D eigenvalue weighted by atomic mass is 10.2. The minimum absolute atomic E-state index is 0.0861. The molecule has 1 aromatic heterocycles. The number of imide groups is 1. The number of carbonyl (C=O) groups excluding carboxylic acids is 2. The Bertz CT molecular complexity index is 739. The van der Waals surface area contributed by atoms with Crippen molar-refractivity contribution in [3.05, 3.63) is 47.2 Å². The van der Waals surface area contributed by atoms with Crippen molar-refractivity contribution in [3.8, 4) is 11.3 Å². The molecule has 1 fully saturated rings. The average Bonchev–Trinajstić information content (AvgIpc) is 3.03. The Balaban J connectivity index is 1.76. The predicted molar refractivity (Wildman–Crippen MR) is 77.0 cm³/mol. The molecule has 0 saturated carbocycles. The summed E-state index contributed by atoms with van der Waals surface area (Å²) in [6.45, 7) is -0.0861. The van der Waals surface area contributed by atoms with Gasteiger partial charge in [-0.25, -0.2) is 9.80 Å². The molecule has 1 aromatic carbocycles. The molecule has 1 N–H and O–H groups in total. The van der Waals surface area contributed by atoms with Crippen molar-refractivity contribution < 1.29 is 14.0 Å². The van der Waals surface area contributed by atoms with Gasteiger partial charge in [0.05, 0.1) is 6.21 Å². The standard InChI is InChI=1S/C14H10ClN3O3/c15-10-3-1-2-9(6-10)12-5-4-11(21-12)7-16-18-8-13(19)17-14(18)20/h1-7H,8H2,(H,17,19,20). The second kappa shape index (κ2) is 5.41. The van der Waals surface area contributed by atoms with E-state index in [1.54, 1.807) is 24.3 Å². The van der Waals surface area contributed by atoms with Crippen LogP contribution in [0.25, 0.3) is 11.3 Å². The zero-order chi connectivity index (χ0) is 14.8. The van der Waals surface area contributed by atoms with Gasteiger partial charge in [0.1, 0.15) is 18.1 Å². The number of furan rings is 1. The number of carbonyl (C=O) groups is 2. The fourth-order valence-corrected chi connectivity index (χ4v) is 2.06. The van der Waals surface area contributed by atoms with E-state index in [2.05, 4.69) is 10.4 Å². The number of nitrogens with zero attached hydrogens (tertiary/aromatic N) is 2. The first-order valence-electron chi connectivity index (χ1n) is 6.13. The van der Waals surface area contributed by atoms with Gasteiger partial charge >= 0.3 is 6.03 Å². The summed E-state index contributed by atoms with van der Waals surface area (Å²) in [5, 5.41) is 7.68. The molecule has 21 heavy (non-hydrogen) atoms. The molecule has 0 aliphatic carbocycles. The van der Waals surface area contributed by atoms with Gasteiger partial charge < -0.3 is 4.42 Å². The molecule has 0 radical (unpaired) electrons. The van der Waals surface area contributed by atoms with E-state index in [0.717, 1.165) is 10.6 Å². The molecular formula is C14H10ClN3O3. The summed E-state index contributed by atoms with van der Waals surface area (Å²) in [5.41, 5.74) is 0.844. The van der Waals surface area contributed by atoms with E-state index in [4.69, 9.17) is 16.0 Å². The lowest BCUT2D eigenvalue weighted by molar-refractivity contribution is -0.118. The zero-order valence-corrected chi connectivity index (χ0v) is 11.5. The van der Waals surface area contributed by atoms with Crippen LogP contribution in [0.15, 0.2) is 45.9 Å². The Morgan fingerprint density at radius 1 is 1.29 bits per heavy atom. The van der Waals surface area contributed by atoms with E-state index < -0.39 is 6.03 Å². The van der Waals surface area contributed by atoms with Crippen LogP contribution in [0.1, 0.15) is 5.76 Å². The number of halogens is 1. The van der Waals surface area contributed by atoms with Gasteiger partial charge in [-0.05, 0) is 24.3 Å². The van der Waals surface area contributed by atoms with E-state index >= 15 is 0 Å². The van der Waals surface area contributed by atoms with Gasteiger partial charge in [0.25, 0.3) is 0 Å². The number of hydrogen-bond acceptors (Lipinski definition) is 4. The van der Waals surface area contributed by atoms with E-state index in [0.29, 0.717) is 16.5 Å². The van der Waals surface area contributed by atoms with Gasteiger partial charge in [-0.15, -0.1) is 0 Å². The summed E-state index contributed by atoms with van der Waals surface area (Å²) in [4.78, 5) is 22.3. The van der Waals surface area contributed by atoms with Crippen LogP contribution in [0.4, 0.5) is 4.79 Å². The molecule has 2 aromatic rings. The summed E-state index contributed by atoms with van der Waals surface area (Å²) < 4.78 is 5.60. The van der Waals surface area contributed by atoms with Gasteiger partial charge in [-0.3, -0.25) is 10.1 Å². The normalized spacial score (nSPS) is 15.0. The monoisotopic (exact) mass is 303 g/mol. The van der Waals surface area contributed by atoms with Gasteiger partial charge in [-0.1, -0.05) is 23.7 Å². The van der Waals surface area contributed by atoms with Gasteiger partial charge in [0, 0.05) is 10.6 Å². The van der Waals surface area contributed by atoms with Crippen molar-refractivity contribution in [2.24, 2.45) is 5.10 Å². The van der Waals surface area contributed by atoms with Crippen LogP contribution >= 0.6 is 11.6 Å². The third-order valence-electron chi connectivity index (χ3n) is 2.83. The Kier molecular flexibility index (Phi) is 3.45. The quantitative estimate of drug-likeness (QED) is 0.699. The Labute approximate surface area is 125 Å². The molecule has 106 valence electrons. The molecule has 0 spiro atoms. The van der Waals surface area contributed by atoms with Crippen LogP contribution in [-0.2, 0) is 4.79 Å². The van der Waals surface area contributed by atoms with Gasteiger partial charge in [0.2, 0.25) is 5.91 Å². The minimum Gasteiger partial charge on any atom is -0.455 e. The predicted octanol–water partition coefficient (Wildman–Crippen LogP) is 2.49. The topological polar surface area (TPSA) is 74.9 Å². The van der Waals surface area contributed by atoms with Crippen molar-refractivity contribution in [2.75, 3.05) is 6.54 Å². The first-order valence-corrected chi connectivity index (χ1v) is 6.51. The Morgan fingerprint density at radius 3 is 2.86 bits per heavy atom. The largest absolute Gasteiger partial charge is 0.455 e. The summed E-state index contributed by atoms with van der Waals surface area (Å²) in [7, 11) is 0. The number of benzene rings is 1. The molecule has 1 aliphatic rings. The van der Waals surface area contributed by atoms with Gasteiger partial charge in [-0.2, -0.15) is 5.10 Å². The zero-order valence-electron chi connectivity index (χ0n) is 10.7. The van der Waals surface area contributed by atoms with Crippen molar-refractivity contribution in [1.29, 1.82) is 0 Å². The van der Waals surface area contributed by atoms with Crippen LogP contribution in [0.5, 0.6) is 0 Å². The fourth-order valence-electron chi connectivity index (χ4n) is 1.87. The first kappa shape index (κ1) is 13.4. The highest BCUT2D eigenvalue weighted by molar-refractivity contribution is 6.30. The second-order valence-corrected chi connectivity index (χ2v) is 4.80. The van der Waals surface area contributed by atoms with Crippen LogP contribution < -0.4 is 5.32 Å². The molecule has 1 aliphatic heterocycles. The molecular weight excluding hydrogens is 294 g/mol. The first-order chi connectivity index (χ1) is 10.1. The van der Waals surface area contributed by atoms with Crippen LogP contribution in [0, 0.1) is 0 Å². The third kappa shape index (κ3) is 2.95. The van der Waals surface area contributed by atoms with Crippen molar-refractivity contribution in [3.63, 3.8) is 0 Å². The second-order valence-electron chi connectivity index (χ2n) is 4.37. The maximum atomic E-state index is 11.3. The molecule has 0 unspecified atom stereocenters. The van der Waals surface area contributed by atoms with Crippen molar-refractivity contribution in [1.82, 2.24) is 10.3 Å². The van der Waals surface area contributed by atoms with Crippen molar-refractivity contribution in [2.45, 2.75) is 0 Å². The van der Waals surface area contributed by atoms with E-state index in [1.165, 1.54) is 6.21 Å². The average molecular weight is 304 g/mol. The number of rotatable bonds is 3. The smallest absolute Gasteiger partial charge is 0.344 e. The highest BCUT2D eigenvalue weighted by Crippen LogP contribution is 2.24.